The summed E-state index contributed by atoms with van der Waals surface area (Å²) < 4.78 is 31.7. The summed E-state index contributed by atoms with van der Waals surface area (Å²) in [5.74, 6) is -2.76. The van der Waals surface area contributed by atoms with Crippen LogP contribution in [0.3, 0.4) is 0 Å². The van der Waals surface area contributed by atoms with Gasteiger partial charge in [0.25, 0.3) is 0 Å². The number of hydrogen-bond acceptors (Lipinski definition) is 4. The van der Waals surface area contributed by atoms with Gasteiger partial charge in [-0.05, 0) is 30.2 Å². The molecule has 0 aliphatic rings. The van der Waals surface area contributed by atoms with Crippen LogP contribution in [0.4, 0.5) is 13.2 Å². The zero-order valence-corrected chi connectivity index (χ0v) is 13.0. The molecule has 0 saturated carbocycles. The van der Waals surface area contributed by atoms with E-state index < -0.39 is 12.1 Å². The Hall–Kier alpha value is -1.90. The fourth-order valence-corrected chi connectivity index (χ4v) is 2.46. The van der Waals surface area contributed by atoms with Crippen molar-refractivity contribution in [2.24, 2.45) is 5.73 Å². The number of hydrogen-bond donors (Lipinski definition) is 3. The van der Waals surface area contributed by atoms with Gasteiger partial charge in [0.15, 0.2) is 0 Å². The summed E-state index contributed by atoms with van der Waals surface area (Å²) in [7, 11) is 0. The van der Waals surface area contributed by atoms with Crippen LogP contribution < -0.4 is 5.73 Å². The molecule has 4 N–H and O–H groups in total. The molecule has 1 atom stereocenters. The van der Waals surface area contributed by atoms with Crippen molar-refractivity contribution in [3.63, 3.8) is 0 Å². The van der Waals surface area contributed by atoms with Gasteiger partial charge in [-0.25, -0.2) is 4.79 Å². The van der Waals surface area contributed by atoms with Gasteiger partial charge in [-0.15, -0.1) is 11.3 Å². The number of alkyl halides is 3. The van der Waals surface area contributed by atoms with Gasteiger partial charge in [0.1, 0.15) is 0 Å². The zero-order chi connectivity index (χ0) is 17.6. The average molecular weight is 347 g/mol. The molecule has 4 nitrogen and oxygen atoms in total. The Balaban J connectivity index is 0.000000322. The smallest absolute Gasteiger partial charge is 0.475 e. The van der Waals surface area contributed by atoms with E-state index in [2.05, 4.69) is 31.2 Å². The summed E-state index contributed by atoms with van der Waals surface area (Å²) in [4.78, 5) is 11.5. The number of carbonyl (C=O) groups is 1. The molecular weight excluding hydrogens is 331 g/mol. The molecule has 2 aromatic rings. The number of carboxylic acid groups (broad SMARTS) is 1. The predicted molar refractivity (Wildman–Crippen MR) is 82.2 cm³/mol. The van der Waals surface area contributed by atoms with E-state index in [1.807, 2.05) is 12.1 Å². The van der Waals surface area contributed by atoms with Gasteiger partial charge < -0.3 is 15.9 Å². The monoisotopic (exact) mass is 347 g/mol. The molecule has 0 spiro atoms. The van der Waals surface area contributed by atoms with E-state index in [0.29, 0.717) is 0 Å². The third-order valence-electron chi connectivity index (χ3n) is 2.80. The molecule has 8 heteroatoms. The molecule has 2 rings (SSSR count). The lowest BCUT2D eigenvalue weighted by Crippen LogP contribution is -2.21. The summed E-state index contributed by atoms with van der Waals surface area (Å²) in [6, 6.07) is 12.0. The highest BCUT2D eigenvalue weighted by Crippen LogP contribution is 2.28. The molecule has 0 saturated heterocycles. The zero-order valence-electron chi connectivity index (χ0n) is 12.2. The predicted octanol–water partition coefficient (Wildman–Crippen LogP) is 3.35. The molecule has 0 fully saturated rings. The Morgan fingerprint density at radius 2 is 1.74 bits per heavy atom. The highest BCUT2D eigenvalue weighted by atomic mass is 32.1. The first-order chi connectivity index (χ1) is 10.6. The summed E-state index contributed by atoms with van der Waals surface area (Å²) in [6.45, 7) is 2.08. The number of aliphatic hydroxyl groups is 1. The topological polar surface area (TPSA) is 83.5 Å². The lowest BCUT2D eigenvalue weighted by molar-refractivity contribution is -0.192. The number of thiophene rings is 1. The third kappa shape index (κ3) is 6.01. The van der Waals surface area contributed by atoms with Crippen molar-refractivity contribution in [1.29, 1.82) is 0 Å². The lowest BCUT2D eigenvalue weighted by atomic mass is 10.1. The van der Waals surface area contributed by atoms with E-state index >= 15 is 0 Å². The molecule has 1 heterocycles. The minimum Gasteiger partial charge on any atom is -0.475 e. The fourth-order valence-electron chi connectivity index (χ4n) is 1.59. The Labute approximate surface area is 135 Å². The number of benzene rings is 1. The molecule has 0 amide bonds. The quantitative estimate of drug-likeness (QED) is 0.795. The van der Waals surface area contributed by atoms with Crippen LogP contribution in [-0.4, -0.2) is 29.0 Å². The van der Waals surface area contributed by atoms with Crippen LogP contribution in [0.1, 0.15) is 16.5 Å². The number of aliphatic carboxylic acids is 1. The van der Waals surface area contributed by atoms with Gasteiger partial charge >= 0.3 is 12.1 Å². The highest BCUT2D eigenvalue weighted by molar-refractivity contribution is 7.15. The van der Waals surface area contributed by atoms with Crippen LogP contribution >= 0.6 is 11.3 Å². The minimum atomic E-state index is -5.08. The molecule has 0 bridgehead atoms. The molecule has 126 valence electrons. The molecule has 23 heavy (non-hydrogen) atoms. The minimum absolute atomic E-state index is 0.0164. The molecule has 0 aliphatic carbocycles. The molecule has 0 unspecified atom stereocenters. The number of rotatable bonds is 3. The molecule has 0 aliphatic heterocycles. The van der Waals surface area contributed by atoms with Gasteiger partial charge in [-0.1, -0.05) is 24.3 Å². The maximum atomic E-state index is 10.6. The number of nitrogens with two attached hydrogens (primary N) is 1. The third-order valence-corrected chi connectivity index (χ3v) is 3.85. The van der Waals surface area contributed by atoms with Crippen LogP contribution in [0.5, 0.6) is 0 Å². The van der Waals surface area contributed by atoms with Gasteiger partial charge in [0.2, 0.25) is 0 Å². The van der Waals surface area contributed by atoms with Crippen molar-refractivity contribution in [2.75, 3.05) is 6.61 Å². The standard InChI is InChI=1S/C13H15NOS.C2HF3O2/c1-9-2-7-13(16-9)11-5-3-10(4-6-11)12(14)8-15;3-2(4,5)1(6)7/h2-7,12,15H,8,14H2,1H3;(H,6,7)/t12-;/m1./s1. The average Bonchev–Trinajstić information content (AvgIpc) is 2.93. The van der Waals surface area contributed by atoms with E-state index in [0.717, 1.165) is 5.56 Å². The van der Waals surface area contributed by atoms with Crippen molar-refractivity contribution >= 4 is 17.3 Å². The highest BCUT2D eigenvalue weighted by Gasteiger charge is 2.38. The van der Waals surface area contributed by atoms with Gasteiger partial charge in [0.05, 0.1) is 12.6 Å². The van der Waals surface area contributed by atoms with E-state index in [1.165, 1.54) is 15.3 Å². The summed E-state index contributed by atoms with van der Waals surface area (Å²) in [5, 5.41) is 16.1. The van der Waals surface area contributed by atoms with Crippen molar-refractivity contribution in [1.82, 2.24) is 0 Å². The number of carboxylic acids is 1. The van der Waals surface area contributed by atoms with Gasteiger partial charge in [-0.2, -0.15) is 13.2 Å². The number of aliphatic hydroxyl groups excluding tert-OH is 1. The summed E-state index contributed by atoms with van der Waals surface area (Å²) in [6.07, 6.45) is -5.08. The van der Waals surface area contributed by atoms with Crippen molar-refractivity contribution in [3.8, 4) is 10.4 Å². The first-order valence-corrected chi connectivity index (χ1v) is 7.30. The lowest BCUT2D eigenvalue weighted by Gasteiger charge is -2.08. The number of aryl methyl sites for hydroxylation is 1. The van der Waals surface area contributed by atoms with Gasteiger partial charge in [0, 0.05) is 9.75 Å². The normalized spacial score (nSPS) is 12.3. The molecular formula is C15H16F3NO3S. The van der Waals surface area contributed by atoms with E-state index in [9.17, 15) is 13.2 Å². The van der Waals surface area contributed by atoms with E-state index in [-0.39, 0.29) is 12.6 Å². The van der Waals surface area contributed by atoms with E-state index in [1.54, 1.807) is 11.3 Å². The van der Waals surface area contributed by atoms with Crippen molar-refractivity contribution in [3.05, 3.63) is 46.8 Å². The largest absolute Gasteiger partial charge is 0.490 e. The van der Waals surface area contributed by atoms with Crippen LogP contribution in [0, 0.1) is 6.92 Å². The molecule has 0 radical (unpaired) electrons. The first-order valence-electron chi connectivity index (χ1n) is 6.48. The van der Waals surface area contributed by atoms with Crippen molar-refractivity contribution < 1.29 is 28.2 Å². The second-order valence-corrected chi connectivity index (χ2v) is 5.91. The van der Waals surface area contributed by atoms with E-state index in [4.69, 9.17) is 20.7 Å². The Morgan fingerprint density at radius 3 is 2.09 bits per heavy atom. The van der Waals surface area contributed by atoms with Crippen LogP contribution in [0.15, 0.2) is 36.4 Å². The summed E-state index contributed by atoms with van der Waals surface area (Å²) in [5.41, 5.74) is 7.91. The fraction of sp³-hybridized carbons (Fsp3) is 0.267. The second kappa shape index (κ2) is 8.09. The SMILES string of the molecule is Cc1ccc(-c2ccc([C@H](N)CO)cc2)s1.O=C(O)C(F)(F)F. The summed E-state index contributed by atoms with van der Waals surface area (Å²) >= 11 is 1.78. The Kier molecular flexibility index (Phi) is 6.74. The maximum Gasteiger partial charge on any atom is 0.490 e. The van der Waals surface area contributed by atoms with Crippen LogP contribution in [0.2, 0.25) is 0 Å². The first kappa shape index (κ1) is 19.1. The van der Waals surface area contributed by atoms with Crippen LogP contribution in [-0.2, 0) is 4.79 Å². The molecule has 1 aromatic carbocycles. The van der Waals surface area contributed by atoms with Crippen LogP contribution in [0.25, 0.3) is 10.4 Å². The van der Waals surface area contributed by atoms with Crippen molar-refractivity contribution in [2.45, 2.75) is 19.1 Å². The van der Waals surface area contributed by atoms with Gasteiger partial charge in [-0.3, -0.25) is 0 Å². The Bertz CT molecular complexity index is 638. The second-order valence-electron chi connectivity index (χ2n) is 4.62. The number of halogens is 3. The maximum absolute atomic E-state index is 10.6. The Morgan fingerprint density at radius 1 is 1.22 bits per heavy atom. The molecule has 1 aromatic heterocycles.